The highest BCUT2D eigenvalue weighted by Crippen LogP contribution is 2.17. The van der Waals surface area contributed by atoms with E-state index in [1.165, 1.54) is 23.3 Å². The van der Waals surface area contributed by atoms with Crippen molar-refractivity contribution in [2.24, 2.45) is 5.10 Å². The molecule has 1 saturated heterocycles. The molecular weight excluding hydrogens is 530 g/mol. The molecule has 0 radical (unpaired) electrons. The standard InChI is InChI=1S/C33H33N5O4/c39-33(35-34-22-26-10-16-32(17-11-26)42-25-29-8-14-31(15-9-29)38(40)41)30-12-6-28(7-13-30)24-37-20-18-36(19-21-37)23-27-4-2-1-3-5-27/h1-17,22H,18-21,23-25H2,(H,35,39)/b34-22-. The maximum Gasteiger partial charge on any atom is 0.271 e. The number of amides is 1. The van der Waals surface area contributed by atoms with E-state index in [0.717, 1.165) is 50.4 Å². The molecule has 1 aliphatic heterocycles. The van der Waals surface area contributed by atoms with Gasteiger partial charge in [0.05, 0.1) is 11.1 Å². The van der Waals surface area contributed by atoms with Crippen LogP contribution >= 0.6 is 0 Å². The van der Waals surface area contributed by atoms with Gasteiger partial charge in [-0.05, 0) is 70.8 Å². The third-order valence-corrected chi connectivity index (χ3v) is 7.15. The third-order valence-electron chi connectivity index (χ3n) is 7.15. The van der Waals surface area contributed by atoms with E-state index in [9.17, 15) is 14.9 Å². The summed E-state index contributed by atoms with van der Waals surface area (Å²) in [5.74, 6) is 0.388. The Hall–Kier alpha value is -4.86. The summed E-state index contributed by atoms with van der Waals surface area (Å²) in [5.41, 5.74) is 7.35. The van der Waals surface area contributed by atoms with Gasteiger partial charge in [0.2, 0.25) is 0 Å². The lowest BCUT2D eigenvalue weighted by atomic mass is 10.1. The molecule has 0 aliphatic carbocycles. The minimum Gasteiger partial charge on any atom is -0.489 e. The zero-order chi connectivity index (χ0) is 29.1. The quantitative estimate of drug-likeness (QED) is 0.152. The number of hydrogen-bond donors (Lipinski definition) is 1. The summed E-state index contributed by atoms with van der Waals surface area (Å²) >= 11 is 0. The lowest BCUT2D eigenvalue weighted by Crippen LogP contribution is -2.45. The highest BCUT2D eigenvalue weighted by Gasteiger charge is 2.17. The van der Waals surface area contributed by atoms with Gasteiger partial charge in [-0.2, -0.15) is 5.10 Å². The molecule has 0 atom stereocenters. The first-order chi connectivity index (χ1) is 20.5. The van der Waals surface area contributed by atoms with Crippen LogP contribution < -0.4 is 10.2 Å². The van der Waals surface area contributed by atoms with Gasteiger partial charge in [0.15, 0.2) is 0 Å². The van der Waals surface area contributed by atoms with Crippen LogP contribution in [0.25, 0.3) is 0 Å². The van der Waals surface area contributed by atoms with E-state index in [1.54, 1.807) is 30.5 Å². The van der Waals surface area contributed by atoms with E-state index in [-0.39, 0.29) is 11.6 Å². The molecule has 0 aromatic heterocycles. The number of nitro benzene ring substituents is 1. The Balaban J connectivity index is 1.03. The minimum absolute atomic E-state index is 0.0473. The molecule has 4 aromatic rings. The van der Waals surface area contributed by atoms with Gasteiger partial charge in [-0.1, -0.05) is 42.5 Å². The normalized spacial score (nSPS) is 14.1. The van der Waals surface area contributed by atoms with Crippen LogP contribution in [0.3, 0.4) is 0 Å². The number of nitro groups is 1. The number of rotatable bonds is 11. The minimum atomic E-state index is -0.430. The van der Waals surface area contributed by atoms with Crippen LogP contribution in [0.15, 0.2) is 108 Å². The second kappa shape index (κ2) is 14.2. The molecule has 9 heteroatoms. The topological polar surface area (TPSA) is 100 Å². The fourth-order valence-corrected chi connectivity index (χ4v) is 4.73. The molecule has 1 amide bonds. The zero-order valence-electron chi connectivity index (χ0n) is 23.3. The maximum absolute atomic E-state index is 12.6. The molecule has 42 heavy (non-hydrogen) atoms. The number of nitrogens with zero attached hydrogens (tertiary/aromatic N) is 4. The van der Waals surface area contributed by atoms with Crippen LogP contribution in [0.4, 0.5) is 5.69 Å². The highest BCUT2D eigenvalue weighted by molar-refractivity contribution is 5.94. The Labute approximate surface area is 245 Å². The first-order valence-corrected chi connectivity index (χ1v) is 13.9. The number of carbonyl (C=O) groups is 1. The number of benzene rings is 4. The van der Waals surface area contributed by atoms with E-state index < -0.39 is 4.92 Å². The molecule has 214 valence electrons. The van der Waals surface area contributed by atoms with Crippen molar-refractivity contribution in [2.75, 3.05) is 26.2 Å². The Morgan fingerprint density at radius 3 is 1.95 bits per heavy atom. The number of carbonyl (C=O) groups excluding carboxylic acids is 1. The Morgan fingerprint density at radius 2 is 1.36 bits per heavy atom. The Kier molecular flexibility index (Phi) is 9.66. The monoisotopic (exact) mass is 563 g/mol. The van der Waals surface area contributed by atoms with Gasteiger partial charge in [-0.25, -0.2) is 5.43 Å². The number of non-ortho nitro benzene ring substituents is 1. The van der Waals surface area contributed by atoms with Crippen LogP contribution in [0.5, 0.6) is 5.75 Å². The van der Waals surface area contributed by atoms with Crippen molar-refractivity contribution in [1.29, 1.82) is 0 Å². The van der Waals surface area contributed by atoms with Crippen molar-refractivity contribution in [1.82, 2.24) is 15.2 Å². The summed E-state index contributed by atoms with van der Waals surface area (Å²) in [5, 5.41) is 14.8. The average molecular weight is 564 g/mol. The number of hydrazone groups is 1. The van der Waals surface area contributed by atoms with Gasteiger partial charge in [-0.3, -0.25) is 24.7 Å². The van der Waals surface area contributed by atoms with Gasteiger partial charge in [0, 0.05) is 57.0 Å². The fourth-order valence-electron chi connectivity index (χ4n) is 4.73. The summed E-state index contributed by atoms with van der Waals surface area (Å²) in [6.07, 6.45) is 1.57. The van der Waals surface area contributed by atoms with Gasteiger partial charge in [0.1, 0.15) is 12.4 Å². The number of ether oxygens (including phenoxy) is 1. The van der Waals surface area contributed by atoms with Crippen molar-refractivity contribution in [3.05, 3.63) is 141 Å². The number of piperazine rings is 1. The van der Waals surface area contributed by atoms with Gasteiger partial charge >= 0.3 is 0 Å². The molecular formula is C33H33N5O4. The SMILES string of the molecule is O=C(N/N=C\c1ccc(OCc2ccc([N+](=O)[O-])cc2)cc1)c1ccc(CN2CCN(Cc3ccccc3)CC2)cc1. The van der Waals surface area contributed by atoms with Crippen LogP contribution in [-0.4, -0.2) is 53.0 Å². The molecule has 0 unspecified atom stereocenters. The van der Waals surface area contributed by atoms with E-state index in [0.29, 0.717) is 17.9 Å². The molecule has 1 heterocycles. The molecule has 9 nitrogen and oxygen atoms in total. The van der Waals surface area contributed by atoms with Crippen LogP contribution in [0.1, 0.15) is 32.6 Å². The molecule has 1 fully saturated rings. The summed E-state index contributed by atoms with van der Waals surface area (Å²) < 4.78 is 5.74. The molecule has 1 aliphatic rings. The van der Waals surface area contributed by atoms with E-state index in [2.05, 4.69) is 50.7 Å². The number of hydrogen-bond acceptors (Lipinski definition) is 7. The summed E-state index contributed by atoms with van der Waals surface area (Å²) in [7, 11) is 0. The van der Waals surface area contributed by atoms with Crippen LogP contribution in [-0.2, 0) is 19.7 Å². The van der Waals surface area contributed by atoms with Crippen molar-refractivity contribution >= 4 is 17.8 Å². The van der Waals surface area contributed by atoms with Gasteiger partial charge < -0.3 is 4.74 Å². The van der Waals surface area contributed by atoms with Gasteiger partial charge in [0.25, 0.3) is 11.6 Å². The molecule has 5 rings (SSSR count). The molecule has 1 N–H and O–H groups in total. The largest absolute Gasteiger partial charge is 0.489 e. The fraction of sp³-hybridized carbons (Fsp3) is 0.212. The van der Waals surface area contributed by atoms with Gasteiger partial charge in [-0.15, -0.1) is 0 Å². The molecule has 0 bridgehead atoms. The lowest BCUT2D eigenvalue weighted by Gasteiger charge is -2.34. The lowest BCUT2D eigenvalue weighted by molar-refractivity contribution is -0.384. The Bertz CT molecular complexity index is 1480. The Morgan fingerprint density at radius 1 is 0.786 bits per heavy atom. The number of nitrogens with one attached hydrogen (secondary N) is 1. The van der Waals surface area contributed by atoms with Crippen molar-refractivity contribution in [3.63, 3.8) is 0 Å². The predicted octanol–water partition coefficient (Wildman–Crippen LogP) is 5.26. The average Bonchev–Trinajstić information content (AvgIpc) is 3.02. The van der Waals surface area contributed by atoms with Crippen LogP contribution in [0.2, 0.25) is 0 Å². The predicted molar refractivity (Wildman–Crippen MR) is 162 cm³/mol. The first-order valence-electron chi connectivity index (χ1n) is 13.9. The summed E-state index contributed by atoms with van der Waals surface area (Å²) in [6.45, 7) is 6.30. The first kappa shape index (κ1) is 28.7. The third kappa shape index (κ3) is 8.33. The molecule has 0 saturated carbocycles. The highest BCUT2D eigenvalue weighted by atomic mass is 16.6. The van der Waals surface area contributed by atoms with Crippen molar-refractivity contribution < 1.29 is 14.5 Å². The van der Waals surface area contributed by atoms with E-state index in [1.807, 2.05) is 36.4 Å². The second-order valence-electron chi connectivity index (χ2n) is 10.2. The smallest absolute Gasteiger partial charge is 0.271 e. The van der Waals surface area contributed by atoms with E-state index in [4.69, 9.17) is 4.74 Å². The van der Waals surface area contributed by atoms with Crippen molar-refractivity contribution in [2.45, 2.75) is 19.7 Å². The molecule has 0 spiro atoms. The second-order valence-corrected chi connectivity index (χ2v) is 10.2. The summed E-state index contributed by atoms with van der Waals surface area (Å²) in [4.78, 5) is 27.8. The van der Waals surface area contributed by atoms with E-state index >= 15 is 0 Å². The zero-order valence-corrected chi connectivity index (χ0v) is 23.3. The molecule has 4 aromatic carbocycles. The maximum atomic E-state index is 12.6. The summed E-state index contributed by atoms with van der Waals surface area (Å²) in [6, 6.07) is 31.8. The van der Waals surface area contributed by atoms with Crippen molar-refractivity contribution in [3.8, 4) is 5.75 Å². The van der Waals surface area contributed by atoms with Crippen LogP contribution in [0, 0.1) is 10.1 Å².